The van der Waals surface area contributed by atoms with Crippen LogP contribution >= 0.6 is 0 Å². The third-order valence-corrected chi connectivity index (χ3v) is 4.62. The molecule has 30 heavy (non-hydrogen) atoms. The van der Waals surface area contributed by atoms with Crippen LogP contribution in [-0.4, -0.2) is 21.3 Å². The fourth-order valence-corrected chi connectivity index (χ4v) is 3.03. The third kappa shape index (κ3) is 4.30. The lowest BCUT2D eigenvalue weighted by Gasteiger charge is -2.11. The highest BCUT2D eigenvalue weighted by atomic mass is 16.2. The standard InChI is InChI=1S/C23H21N5O2/c1-15-10-11-28-14-20(26-21(28)12-15)22(29)27-19-13-18(9-8-16(19)2)25-23(30)24-17-6-4-3-5-7-17/h3-14H,1-2H3,(H,27,29)(H2,24,25,30). The number of carbonyl (C=O) groups is 2. The predicted octanol–water partition coefficient (Wildman–Crippen LogP) is 4.85. The molecule has 0 radical (unpaired) electrons. The van der Waals surface area contributed by atoms with Crippen molar-refractivity contribution in [3.63, 3.8) is 0 Å². The molecule has 2 aromatic heterocycles. The molecule has 7 heteroatoms. The van der Waals surface area contributed by atoms with Gasteiger partial charge in [0, 0.05) is 29.5 Å². The monoisotopic (exact) mass is 399 g/mol. The number of hydrogen-bond donors (Lipinski definition) is 3. The van der Waals surface area contributed by atoms with Crippen molar-refractivity contribution in [3.05, 3.63) is 89.9 Å². The average Bonchev–Trinajstić information content (AvgIpc) is 3.14. The van der Waals surface area contributed by atoms with Gasteiger partial charge in [0.25, 0.3) is 5.91 Å². The molecule has 0 aliphatic carbocycles. The van der Waals surface area contributed by atoms with Gasteiger partial charge in [0.05, 0.1) is 0 Å². The van der Waals surface area contributed by atoms with Crippen LogP contribution in [0.1, 0.15) is 21.6 Å². The van der Waals surface area contributed by atoms with E-state index in [4.69, 9.17) is 0 Å². The second-order valence-corrected chi connectivity index (χ2v) is 7.02. The molecular formula is C23H21N5O2. The summed E-state index contributed by atoms with van der Waals surface area (Å²) in [5.74, 6) is -0.314. The summed E-state index contributed by atoms with van der Waals surface area (Å²) in [5, 5.41) is 8.42. The molecule has 0 atom stereocenters. The molecule has 7 nitrogen and oxygen atoms in total. The summed E-state index contributed by atoms with van der Waals surface area (Å²) in [6.45, 7) is 3.86. The molecule has 0 bridgehead atoms. The molecule has 0 spiro atoms. The fraction of sp³-hybridized carbons (Fsp3) is 0.0870. The van der Waals surface area contributed by atoms with Gasteiger partial charge in [0.15, 0.2) is 0 Å². The maximum Gasteiger partial charge on any atom is 0.323 e. The predicted molar refractivity (Wildman–Crippen MR) is 118 cm³/mol. The van der Waals surface area contributed by atoms with E-state index >= 15 is 0 Å². The van der Waals surface area contributed by atoms with E-state index in [9.17, 15) is 9.59 Å². The number of benzene rings is 2. The quantitative estimate of drug-likeness (QED) is 0.458. The molecule has 0 unspecified atom stereocenters. The molecule has 0 saturated heterocycles. The van der Waals surface area contributed by atoms with Gasteiger partial charge in [0.2, 0.25) is 0 Å². The van der Waals surface area contributed by atoms with Crippen molar-refractivity contribution in [2.45, 2.75) is 13.8 Å². The summed E-state index contributed by atoms with van der Waals surface area (Å²) in [6, 6.07) is 18.0. The Morgan fingerprint density at radius 3 is 2.43 bits per heavy atom. The van der Waals surface area contributed by atoms with Crippen LogP contribution in [0.4, 0.5) is 21.9 Å². The zero-order valence-corrected chi connectivity index (χ0v) is 16.6. The number of urea groups is 1. The van der Waals surface area contributed by atoms with Gasteiger partial charge < -0.3 is 20.4 Å². The van der Waals surface area contributed by atoms with Crippen LogP contribution in [0.15, 0.2) is 73.1 Å². The first-order valence-electron chi connectivity index (χ1n) is 9.48. The SMILES string of the molecule is Cc1ccn2cc(C(=O)Nc3cc(NC(=O)Nc4ccccc4)ccc3C)nc2c1. The third-order valence-electron chi connectivity index (χ3n) is 4.62. The van der Waals surface area contributed by atoms with Gasteiger partial charge in [-0.3, -0.25) is 4.79 Å². The first-order valence-corrected chi connectivity index (χ1v) is 9.48. The minimum absolute atomic E-state index is 0.314. The first-order chi connectivity index (χ1) is 14.5. The molecule has 0 saturated carbocycles. The lowest BCUT2D eigenvalue weighted by atomic mass is 10.1. The van der Waals surface area contributed by atoms with Crippen molar-refractivity contribution in [2.24, 2.45) is 0 Å². The zero-order chi connectivity index (χ0) is 21.1. The van der Waals surface area contributed by atoms with Crippen LogP contribution in [0.5, 0.6) is 0 Å². The second-order valence-electron chi connectivity index (χ2n) is 7.02. The summed E-state index contributed by atoms with van der Waals surface area (Å²) in [7, 11) is 0. The smallest absolute Gasteiger partial charge is 0.320 e. The molecule has 2 aromatic carbocycles. The maximum absolute atomic E-state index is 12.7. The van der Waals surface area contributed by atoms with E-state index in [1.54, 1.807) is 34.9 Å². The molecule has 150 valence electrons. The normalized spacial score (nSPS) is 10.6. The molecule has 0 aliphatic heterocycles. The van der Waals surface area contributed by atoms with Crippen molar-refractivity contribution in [1.82, 2.24) is 9.38 Å². The van der Waals surface area contributed by atoms with E-state index in [0.717, 1.165) is 11.1 Å². The number of nitrogens with zero attached hydrogens (tertiary/aromatic N) is 2. The van der Waals surface area contributed by atoms with Crippen LogP contribution in [0.25, 0.3) is 5.65 Å². The Labute approximate surface area is 173 Å². The Balaban J connectivity index is 1.48. The number of carbonyl (C=O) groups excluding carboxylic acids is 2. The number of anilines is 3. The molecule has 2 heterocycles. The molecular weight excluding hydrogens is 378 g/mol. The molecule has 3 amide bonds. The van der Waals surface area contributed by atoms with E-state index in [1.807, 2.05) is 56.4 Å². The van der Waals surface area contributed by atoms with Crippen LogP contribution in [0, 0.1) is 13.8 Å². The number of rotatable bonds is 4. The number of hydrogen-bond acceptors (Lipinski definition) is 3. The van der Waals surface area contributed by atoms with Crippen LogP contribution in [0.3, 0.4) is 0 Å². The van der Waals surface area contributed by atoms with E-state index in [-0.39, 0.29) is 11.9 Å². The summed E-state index contributed by atoms with van der Waals surface area (Å²) < 4.78 is 1.81. The number of nitrogens with one attached hydrogen (secondary N) is 3. The van der Waals surface area contributed by atoms with Crippen molar-refractivity contribution < 1.29 is 9.59 Å². The number of para-hydroxylation sites is 1. The Morgan fingerprint density at radius 1 is 0.867 bits per heavy atom. The Morgan fingerprint density at radius 2 is 1.63 bits per heavy atom. The van der Waals surface area contributed by atoms with Gasteiger partial charge in [-0.2, -0.15) is 0 Å². The fourth-order valence-electron chi connectivity index (χ4n) is 3.03. The van der Waals surface area contributed by atoms with Crippen LogP contribution in [-0.2, 0) is 0 Å². The second kappa shape index (κ2) is 8.08. The highest BCUT2D eigenvalue weighted by Gasteiger charge is 2.13. The molecule has 4 rings (SSSR count). The largest absolute Gasteiger partial charge is 0.323 e. The highest BCUT2D eigenvalue weighted by Crippen LogP contribution is 2.21. The summed E-state index contributed by atoms with van der Waals surface area (Å²) >= 11 is 0. The molecule has 0 fully saturated rings. The van der Waals surface area contributed by atoms with Crippen molar-refractivity contribution in [3.8, 4) is 0 Å². The molecule has 3 N–H and O–H groups in total. The Hall–Kier alpha value is -4.13. The van der Waals surface area contributed by atoms with E-state index in [1.165, 1.54) is 0 Å². The lowest BCUT2D eigenvalue weighted by molar-refractivity contribution is 0.102. The van der Waals surface area contributed by atoms with E-state index in [0.29, 0.717) is 28.4 Å². The topological polar surface area (TPSA) is 87.5 Å². The minimum Gasteiger partial charge on any atom is -0.320 e. The number of amides is 3. The Bertz CT molecular complexity index is 1230. The number of imidazole rings is 1. The summed E-state index contributed by atoms with van der Waals surface area (Å²) in [6.07, 6.45) is 3.56. The van der Waals surface area contributed by atoms with Gasteiger partial charge in [-0.1, -0.05) is 24.3 Å². The molecule has 0 aliphatic rings. The van der Waals surface area contributed by atoms with E-state index in [2.05, 4.69) is 20.9 Å². The summed E-state index contributed by atoms with van der Waals surface area (Å²) in [5.41, 5.74) is 4.84. The lowest BCUT2D eigenvalue weighted by Crippen LogP contribution is -2.19. The number of aryl methyl sites for hydroxylation is 2. The number of fused-ring (bicyclic) bond motifs is 1. The average molecular weight is 399 g/mol. The van der Waals surface area contributed by atoms with Crippen LogP contribution < -0.4 is 16.0 Å². The van der Waals surface area contributed by atoms with Crippen molar-refractivity contribution in [1.29, 1.82) is 0 Å². The summed E-state index contributed by atoms with van der Waals surface area (Å²) in [4.78, 5) is 29.3. The maximum atomic E-state index is 12.7. The highest BCUT2D eigenvalue weighted by molar-refractivity contribution is 6.04. The van der Waals surface area contributed by atoms with Gasteiger partial charge in [-0.15, -0.1) is 0 Å². The van der Waals surface area contributed by atoms with Crippen molar-refractivity contribution >= 4 is 34.6 Å². The van der Waals surface area contributed by atoms with Gasteiger partial charge in [-0.25, -0.2) is 9.78 Å². The van der Waals surface area contributed by atoms with Crippen molar-refractivity contribution in [2.75, 3.05) is 16.0 Å². The van der Waals surface area contributed by atoms with Gasteiger partial charge in [0.1, 0.15) is 11.3 Å². The van der Waals surface area contributed by atoms with Gasteiger partial charge >= 0.3 is 6.03 Å². The number of aromatic nitrogens is 2. The first kappa shape index (κ1) is 19.2. The molecule has 4 aromatic rings. The zero-order valence-electron chi connectivity index (χ0n) is 16.6. The van der Waals surface area contributed by atoms with Crippen LogP contribution in [0.2, 0.25) is 0 Å². The Kier molecular flexibility index (Phi) is 5.17. The van der Waals surface area contributed by atoms with E-state index < -0.39 is 0 Å². The number of pyridine rings is 1. The van der Waals surface area contributed by atoms with Gasteiger partial charge in [-0.05, 0) is 61.4 Å². The minimum atomic E-state index is -0.363.